The topological polar surface area (TPSA) is 104 Å². The Labute approximate surface area is 175 Å². The predicted molar refractivity (Wildman–Crippen MR) is 100 cm³/mol. The second-order valence-corrected chi connectivity index (χ2v) is 10.9. The maximum atomic E-state index is 13.6. The van der Waals surface area contributed by atoms with Crippen LogP contribution in [-0.4, -0.2) is 47.7 Å². The Morgan fingerprint density at radius 3 is 2.20 bits per heavy atom. The van der Waals surface area contributed by atoms with E-state index in [4.69, 9.17) is 4.74 Å². The summed E-state index contributed by atoms with van der Waals surface area (Å²) < 4.78 is 76.5. The van der Waals surface area contributed by atoms with Crippen molar-refractivity contribution in [2.75, 3.05) is 6.61 Å². The molecule has 4 rings (SSSR count). The van der Waals surface area contributed by atoms with Gasteiger partial charge in [-0.2, -0.15) is 8.78 Å². The lowest BCUT2D eigenvalue weighted by Crippen LogP contribution is -2.61. The third-order valence-electron chi connectivity index (χ3n) is 8.02. The van der Waals surface area contributed by atoms with Crippen LogP contribution in [0.5, 0.6) is 0 Å². The molecule has 4 bridgehead atoms. The Kier molecular flexibility index (Phi) is 6.28. The molecule has 0 spiro atoms. The zero-order valence-corrected chi connectivity index (χ0v) is 18.1. The van der Waals surface area contributed by atoms with Crippen LogP contribution in [0.25, 0.3) is 0 Å². The van der Waals surface area contributed by atoms with Crippen LogP contribution < -0.4 is 0 Å². The molecule has 0 radical (unpaired) electrons. The van der Waals surface area contributed by atoms with Gasteiger partial charge in [0.15, 0.2) is 16.3 Å². The molecule has 174 valence electrons. The third-order valence-corrected chi connectivity index (χ3v) is 8.94. The van der Waals surface area contributed by atoms with Gasteiger partial charge in [-0.3, -0.25) is 4.79 Å². The third kappa shape index (κ3) is 3.77. The van der Waals surface area contributed by atoms with E-state index in [9.17, 15) is 36.0 Å². The smallest absolute Gasteiger partial charge is 0.364 e. The van der Waals surface area contributed by atoms with E-state index in [1.54, 1.807) is 0 Å². The first-order chi connectivity index (χ1) is 13.8. The number of hydrogen-bond donors (Lipinski definition) is 1. The van der Waals surface area contributed by atoms with Gasteiger partial charge in [0.05, 0.1) is 18.1 Å². The molecule has 0 heterocycles. The van der Waals surface area contributed by atoms with Crippen LogP contribution in [0.3, 0.4) is 0 Å². The van der Waals surface area contributed by atoms with Gasteiger partial charge in [0, 0.05) is 6.42 Å². The summed E-state index contributed by atoms with van der Waals surface area (Å²) in [4.78, 5) is 12.7. The molecule has 6 nitrogen and oxygen atoms in total. The highest BCUT2D eigenvalue weighted by Crippen LogP contribution is 2.66. The standard InChI is InChI=1S/C20H31F3O6S/c1-3-19(25,4-2)18-9-12-7-13(10-18)16(14(8-12)11-18)17(24)29-6-5-15(21)20(22,23)30(26,27)28/h12-16,25H,3-11H2,1-2H3,(H,26,27,28)/p-1. The molecule has 4 saturated carbocycles. The van der Waals surface area contributed by atoms with E-state index < -0.39 is 52.1 Å². The molecule has 0 amide bonds. The highest BCUT2D eigenvalue weighted by Gasteiger charge is 2.63. The molecule has 4 fully saturated rings. The van der Waals surface area contributed by atoms with Crippen LogP contribution in [0.2, 0.25) is 0 Å². The zero-order valence-electron chi connectivity index (χ0n) is 17.3. The second kappa shape index (κ2) is 7.92. The molecular weight excluding hydrogens is 425 g/mol. The highest BCUT2D eigenvalue weighted by atomic mass is 32.2. The number of halogens is 3. The SMILES string of the molecule is CCC(O)(CC)C12CC3CC(C1)C(C(=O)OCCC(F)C(F)(F)S(=O)(=O)[O-])C(C3)C2. The molecule has 0 saturated heterocycles. The van der Waals surface area contributed by atoms with Crippen molar-refractivity contribution in [3.05, 3.63) is 0 Å². The van der Waals surface area contributed by atoms with Crippen LogP contribution in [0.15, 0.2) is 0 Å². The quantitative estimate of drug-likeness (QED) is 0.422. The minimum Gasteiger partial charge on any atom is -0.743 e. The Morgan fingerprint density at radius 1 is 1.20 bits per heavy atom. The largest absolute Gasteiger partial charge is 0.743 e. The maximum Gasteiger partial charge on any atom is 0.364 e. The number of aliphatic hydroxyl groups is 1. The lowest BCUT2D eigenvalue weighted by molar-refractivity contribution is -0.208. The minimum atomic E-state index is -6.13. The molecule has 0 aromatic rings. The van der Waals surface area contributed by atoms with Gasteiger partial charge in [0.1, 0.15) is 0 Å². The fourth-order valence-corrected chi connectivity index (χ4v) is 7.09. The van der Waals surface area contributed by atoms with Crippen molar-refractivity contribution in [3.8, 4) is 0 Å². The summed E-state index contributed by atoms with van der Waals surface area (Å²) in [6.45, 7) is 3.22. The average Bonchev–Trinajstić information content (AvgIpc) is 2.65. The van der Waals surface area contributed by atoms with Gasteiger partial charge in [-0.25, -0.2) is 12.8 Å². The summed E-state index contributed by atoms with van der Waals surface area (Å²) in [5.74, 6) is -0.520. The number of carbonyl (C=O) groups is 1. The molecule has 0 aliphatic heterocycles. The van der Waals surface area contributed by atoms with Crippen molar-refractivity contribution in [2.24, 2.45) is 29.1 Å². The van der Waals surface area contributed by atoms with E-state index in [0.717, 1.165) is 19.3 Å². The number of rotatable bonds is 9. The highest BCUT2D eigenvalue weighted by molar-refractivity contribution is 7.86. The average molecular weight is 456 g/mol. The van der Waals surface area contributed by atoms with Gasteiger partial charge in [0.25, 0.3) is 0 Å². The van der Waals surface area contributed by atoms with Gasteiger partial charge in [-0.05, 0) is 68.1 Å². The van der Waals surface area contributed by atoms with Crippen molar-refractivity contribution in [1.82, 2.24) is 0 Å². The first-order valence-corrected chi connectivity index (χ1v) is 12.1. The fourth-order valence-electron chi connectivity index (χ4n) is 6.66. The molecule has 0 aromatic heterocycles. The van der Waals surface area contributed by atoms with E-state index in [0.29, 0.717) is 31.6 Å². The Balaban J connectivity index is 1.63. The first kappa shape index (κ1) is 23.8. The molecule has 10 heteroatoms. The number of ether oxygens (including phenoxy) is 1. The first-order valence-electron chi connectivity index (χ1n) is 10.7. The molecule has 0 aromatic carbocycles. The summed E-state index contributed by atoms with van der Waals surface area (Å²) >= 11 is 0. The van der Waals surface area contributed by atoms with Crippen molar-refractivity contribution in [3.63, 3.8) is 0 Å². The normalized spacial score (nSPS) is 34.8. The van der Waals surface area contributed by atoms with Crippen LogP contribution >= 0.6 is 0 Å². The van der Waals surface area contributed by atoms with Gasteiger partial charge in [-0.1, -0.05) is 13.8 Å². The summed E-state index contributed by atoms with van der Waals surface area (Å²) in [6, 6.07) is 0. The molecule has 30 heavy (non-hydrogen) atoms. The molecule has 1 N–H and O–H groups in total. The van der Waals surface area contributed by atoms with Crippen molar-refractivity contribution in [1.29, 1.82) is 0 Å². The van der Waals surface area contributed by atoms with Crippen LogP contribution in [-0.2, 0) is 19.6 Å². The molecular formula is C20H30F3O6S-. The Morgan fingerprint density at radius 2 is 1.73 bits per heavy atom. The lowest BCUT2D eigenvalue weighted by atomic mass is 9.42. The van der Waals surface area contributed by atoms with Gasteiger partial charge < -0.3 is 14.4 Å². The summed E-state index contributed by atoms with van der Waals surface area (Å²) in [6.07, 6.45) is 1.02. The van der Waals surface area contributed by atoms with E-state index in [-0.39, 0.29) is 17.3 Å². The number of alkyl halides is 3. The molecule has 4 aliphatic rings. The fraction of sp³-hybridized carbons (Fsp3) is 0.950. The molecule has 3 unspecified atom stereocenters. The Hall–Kier alpha value is -0.870. The molecule has 3 atom stereocenters. The minimum absolute atomic E-state index is 0.0259. The van der Waals surface area contributed by atoms with Crippen molar-refractivity contribution >= 4 is 16.1 Å². The van der Waals surface area contributed by atoms with Crippen molar-refractivity contribution < 1.29 is 40.8 Å². The monoisotopic (exact) mass is 455 g/mol. The lowest BCUT2D eigenvalue weighted by Gasteiger charge is -2.64. The van der Waals surface area contributed by atoms with Gasteiger partial charge in [0.2, 0.25) is 0 Å². The molecule has 4 aliphatic carbocycles. The van der Waals surface area contributed by atoms with Crippen molar-refractivity contribution in [2.45, 2.75) is 82.2 Å². The zero-order chi connectivity index (χ0) is 22.5. The van der Waals surface area contributed by atoms with E-state index >= 15 is 0 Å². The van der Waals surface area contributed by atoms with E-state index in [2.05, 4.69) is 0 Å². The number of esters is 1. The number of carbonyl (C=O) groups excluding carboxylic acids is 1. The number of hydrogen-bond acceptors (Lipinski definition) is 6. The van der Waals surface area contributed by atoms with Crippen LogP contribution in [0, 0.1) is 29.1 Å². The van der Waals surface area contributed by atoms with Gasteiger partial charge >= 0.3 is 11.2 Å². The van der Waals surface area contributed by atoms with E-state index in [1.807, 2.05) is 13.8 Å². The second-order valence-electron chi connectivity index (χ2n) is 9.45. The van der Waals surface area contributed by atoms with Crippen LogP contribution in [0.4, 0.5) is 13.2 Å². The maximum absolute atomic E-state index is 13.6. The predicted octanol–water partition coefficient (Wildman–Crippen LogP) is 3.39. The summed E-state index contributed by atoms with van der Waals surface area (Å²) in [5.41, 5.74) is -1.01. The summed E-state index contributed by atoms with van der Waals surface area (Å²) in [7, 11) is -6.13. The summed E-state index contributed by atoms with van der Waals surface area (Å²) in [5, 5.41) is 6.20. The van der Waals surface area contributed by atoms with E-state index in [1.165, 1.54) is 0 Å². The van der Waals surface area contributed by atoms with Crippen LogP contribution in [0.1, 0.15) is 65.2 Å². The Bertz CT molecular complexity index is 751. The van der Waals surface area contributed by atoms with Gasteiger partial charge in [-0.15, -0.1) is 0 Å².